The minimum Gasteiger partial charge on any atom is -0.478 e. The highest BCUT2D eigenvalue weighted by molar-refractivity contribution is 5.86. The van der Waals surface area contributed by atoms with Crippen molar-refractivity contribution < 1.29 is 18.7 Å². The van der Waals surface area contributed by atoms with Crippen molar-refractivity contribution in [1.29, 1.82) is 0 Å². The van der Waals surface area contributed by atoms with Crippen LogP contribution in [-0.2, 0) is 6.54 Å². The largest absolute Gasteiger partial charge is 0.478 e. The number of halogens is 2. The second kappa shape index (κ2) is 5.74. The predicted octanol–water partition coefficient (Wildman–Crippen LogP) is 2.99. The molecule has 2 aromatic heterocycles. The van der Waals surface area contributed by atoms with Gasteiger partial charge >= 0.3 is 5.97 Å². The average molecular weight is 374 g/mol. The number of fused-ring (bicyclic) bond motifs is 1. The Labute approximate surface area is 154 Å². The minimum atomic E-state index is -2.49. The van der Waals surface area contributed by atoms with E-state index in [0.29, 0.717) is 25.6 Å². The first-order valence-electron chi connectivity index (χ1n) is 9.32. The van der Waals surface area contributed by atoms with E-state index in [1.807, 2.05) is 17.0 Å². The number of alkyl halides is 2. The zero-order valence-electron chi connectivity index (χ0n) is 14.7. The van der Waals surface area contributed by atoms with Gasteiger partial charge in [-0.2, -0.15) is 5.10 Å². The molecule has 6 nitrogen and oxygen atoms in total. The molecule has 2 aliphatic carbocycles. The fourth-order valence-electron chi connectivity index (χ4n) is 4.27. The van der Waals surface area contributed by atoms with Crippen molar-refractivity contribution in [2.45, 2.75) is 37.6 Å². The van der Waals surface area contributed by atoms with Crippen molar-refractivity contribution in [2.24, 2.45) is 11.8 Å². The van der Waals surface area contributed by atoms with Crippen LogP contribution in [0.3, 0.4) is 0 Å². The molecule has 3 fully saturated rings. The third-order valence-corrected chi connectivity index (χ3v) is 6.23. The Bertz CT molecular complexity index is 895. The van der Waals surface area contributed by atoms with E-state index < -0.39 is 23.7 Å². The first-order valence-corrected chi connectivity index (χ1v) is 9.32. The molecule has 5 rings (SSSR count). The summed E-state index contributed by atoms with van der Waals surface area (Å²) in [7, 11) is 0. The molecule has 2 aromatic rings. The Kier molecular flexibility index (Phi) is 3.54. The summed E-state index contributed by atoms with van der Waals surface area (Å²) >= 11 is 0. The van der Waals surface area contributed by atoms with Crippen molar-refractivity contribution in [2.75, 3.05) is 18.0 Å². The van der Waals surface area contributed by atoms with Crippen LogP contribution < -0.4 is 4.90 Å². The molecule has 0 bridgehead atoms. The fourth-order valence-corrected chi connectivity index (χ4v) is 4.27. The van der Waals surface area contributed by atoms with E-state index in [1.165, 1.54) is 18.8 Å². The molecule has 0 spiro atoms. The zero-order valence-corrected chi connectivity index (χ0v) is 14.7. The summed E-state index contributed by atoms with van der Waals surface area (Å²) in [6.45, 7) is 1.19. The van der Waals surface area contributed by atoms with Crippen LogP contribution in [-0.4, -0.2) is 44.9 Å². The maximum absolute atomic E-state index is 13.5. The standard InChI is InChI=1S/C19H20F2N4O2/c20-19(21)14-9-24(10-15(14)19)16-5-4-12(17(23-16)11-2-1-3-11)7-25-8-13(6-22-25)18(26)27/h4-6,8,11,14-15H,1-3,7,9-10H2,(H,26,27). The molecule has 0 amide bonds. The molecule has 0 radical (unpaired) electrons. The van der Waals surface area contributed by atoms with E-state index in [9.17, 15) is 13.6 Å². The van der Waals surface area contributed by atoms with Crippen LogP contribution in [0.15, 0.2) is 24.5 Å². The van der Waals surface area contributed by atoms with E-state index in [1.54, 1.807) is 4.68 Å². The lowest BCUT2D eigenvalue weighted by molar-refractivity contribution is 0.0696. The van der Waals surface area contributed by atoms with E-state index in [2.05, 4.69) is 5.10 Å². The maximum atomic E-state index is 13.5. The van der Waals surface area contributed by atoms with Gasteiger partial charge in [0, 0.05) is 25.2 Å². The first-order chi connectivity index (χ1) is 12.9. The number of aromatic nitrogens is 3. The minimum absolute atomic E-state index is 0.155. The summed E-state index contributed by atoms with van der Waals surface area (Å²) < 4.78 is 28.5. The molecule has 1 N–H and O–H groups in total. The van der Waals surface area contributed by atoms with E-state index in [4.69, 9.17) is 10.1 Å². The number of hydrogen-bond acceptors (Lipinski definition) is 4. The number of anilines is 1. The van der Waals surface area contributed by atoms with Gasteiger partial charge in [-0.25, -0.2) is 18.6 Å². The lowest BCUT2D eigenvalue weighted by Crippen LogP contribution is -2.29. The van der Waals surface area contributed by atoms with Gasteiger partial charge in [0.15, 0.2) is 0 Å². The zero-order chi connectivity index (χ0) is 18.8. The second-order valence-corrected chi connectivity index (χ2v) is 7.87. The van der Waals surface area contributed by atoms with Crippen LogP contribution in [0.25, 0.3) is 0 Å². The molecule has 8 heteroatoms. The number of hydrogen-bond donors (Lipinski definition) is 1. The number of nitrogens with zero attached hydrogens (tertiary/aromatic N) is 4. The first kappa shape index (κ1) is 16.6. The van der Waals surface area contributed by atoms with Gasteiger partial charge in [-0.15, -0.1) is 0 Å². The Balaban J connectivity index is 1.39. The van der Waals surface area contributed by atoms with Crippen LogP contribution >= 0.6 is 0 Å². The highest BCUT2D eigenvalue weighted by atomic mass is 19.3. The van der Waals surface area contributed by atoms with Crippen molar-refractivity contribution >= 4 is 11.8 Å². The van der Waals surface area contributed by atoms with E-state index in [-0.39, 0.29) is 5.56 Å². The van der Waals surface area contributed by atoms with Gasteiger partial charge in [-0.3, -0.25) is 4.68 Å². The van der Waals surface area contributed by atoms with Crippen LogP contribution in [0.2, 0.25) is 0 Å². The summed E-state index contributed by atoms with van der Waals surface area (Å²) in [6, 6.07) is 3.88. The number of pyridine rings is 1. The van der Waals surface area contributed by atoms with Gasteiger partial charge in [-0.1, -0.05) is 12.5 Å². The molecule has 2 unspecified atom stereocenters. The Hall–Kier alpha value is -2.51. The number of carboxylic acid groups (broad SMARTS) is 1. The summed E-state index contributed by atoms with van der Waals surface area (Å²) in [6.07, 6.45) is 6.17. The van der Waals surface area contributed by atoms with Crippen molar-refractivity contribution in [3.63, 3.8) is 0 Å². The topological polar surface area (TPSA) is 71.2 Å². The quantitative estimate of drug-likeness (QED) is 0.871. The Morgan fingerprint density at radius 1 is 1.26 bits per heavy atom. The van der Waals surface area contributed by atoms with Gasteiger partial charge in [0.2, 0.25) is 0 Å². The van der Waals surface area contributed by atoms with Crippen LogP contribution in [0.1, 0.15) is 46.8 Å². The normalized spacial score (nSPS) is 25.9. The average Bonchev–Trinajstić information content (AvgIpc) is 3.03. The van der Waals surface area contributed by atoms with Crippen molar-refractivity contribution in [1.82, 2.24) is 14.8 Å². The van der Waals surface area contributed by atoms with Gasteiger partial charge in [0.05, 0.1) is 35.8 Å². The summed E-state index contributed by atoms with van der Waals surface area (Å²) in [5, 5.41) is 13.2. The van der Waals surface area contributed by atoms with Crippen LogP contribution in [0.4, 0.5) is 14.6 Å². The molecule has 0 aromatic carbocycles. The summed E-state index contributed by atoms with van der Waals surface area (Å²) in [5.74, 6) is -3.38. The fraction of sp³-hybridized carbons (Fsp3) is 0.526. The van der Waals surface area contributed by atoms with Gasteiger partial charge < -0.3 is 10.0 Å². The highest BCUT2D eigenvalue weighted by Crippen LogP contribution is 2.59. The summed E-state index contributed by atoms with van der Waals surface area (Å²) in [5.41, 5.74) is 2.17. The molecule has 2 atom stereocenters. The molecule has 3 heterocycles. The van der Waals surface area contributed by atoms with Gasteiger partial charge in [0.25, 0.3) is 5.92 Å². The molecule has 27 heavy (non-hydrogen) atoms. The van der Waals surface area contributed by atoms with Crippen LogP contribution in [0.5, 0.6) is 0 Å². The number of carbonyl (C=O) groups is 1. The Morgan fingerprint density at radius 3 is 2.59 bits per heavy atom. The van der Waals surface area contributed by atoms with Crippen molar-refractivity contribution in [3.05, 3.63) is 41.3 Å². The Morgan fingerprint density at radius 2 is 2.00 bits per heavy atom. The van der Waals surface area contributed by atoms with E-state index in [0.717, 1.165) is 29.9 Å². The number of piperidine rings is 1. The molecular formula is C19H20F2N4O2. The van der Waals surface area contributed by atoms with E-state index >= 15 is 0 Å². The van der Waals surface area contributed by atoms with Crippen LogP contribution in [0, 0.1) is 11.8 Å². The molecule has 3 aliphatic rings. The summed E-state index contributed by atoms with van der Waals surface area (Å²) in [4.78, 5) is 17.8. The maximum Gasteiger partial charge on any atom is 0.338 e. The monoisotopic (exact) mass is 374 g/mol. The number of aromatic carboxylic acids is 1. The lowest BCUT2D eigenvalue weighted by atomic mass is 9.81. The highest BCUT2D eigenvalue weighted by Gasteiger charge is 2.71. The third kappa shape index (κ3) is 2.69. The molecule has 1 saturated heterocycles. The molecule has 1 aliphatic heterocycles. The molecule has 2 saturated carbocycles. The van der Waals surface area contributed by atoms with Gasteiger partial charge in [0.1, 0.15) is 5.82 Å². The molecule has 142 valence electrons. The van der Waals surface area contributed by atoms with Crippen molar-refractivity contribution in [3.8, 4) is 0 Å². The third-order valence-electron chi connectivity index (χ3n) is 6.23. The SMILES string of the molecule is O=C(O)c1cnn(Cc2ccc(N3CC4C(C3)C4(F)F)nc2C2CCC2)c1. The number of rotatable bonds is 5. The van der Waals surface area contributed by atoms with Gasteiger partial charge in [-0.05, 0) is 24.5 Å². The molecular weight excluding hydrogens is 354 g/mol. The number of carboxylic acids is 1. The smallest absolute Gasteiger partial charge is 0.338 e. The second-order valence-electron chi connectivity index (χ2n) is 7.87. The lowest BCUT2D eigenvalue weighted by Gasteiger charge is -2.29. The predicted molar refractivity (Wildman–Crippen MR) is 93.3 cm³/mol.